The SMILES string of the molecule is Cc1ccccc1Nc1nc(NCC(C)(C)N)nc2c1C(=O)NC2. The van der Waals surface area contributed by atoms with Gasteiger partial charge in [-0.3, -0.25) is 4.79 Å². The fourth-order valence-electron chi connectivity index (χ4n) is 2.44. The van der Waals surface area contributed by atoms with Gasteiger partial charge in [-0.25, -0.2) is 4.98 Å². The normalized spacial score (nSPS) is 13.4. The maximum Gasteiger partial charge on any atom is 0.257 e. The van der Waals surface area contributed by atoms with Crippen molar-refractivity contribution in [3.8, 4) is 0 Å². The number of fused-ring (bicyclic) bond motifs is 1. The molecule has 126 valence electrons. The molecule has 0 atom stereocenters. The third-order valence-corrected chi connectivity index (χ3v) is 3.73. The number of nitrogens with two attached hydrogens (primary N) is 1. The number of aromatic nitrogens is 2. The van der Waals surface area contributed by atoms with Gasteiger partial charge in [-0.15, -0.1) is 0 Å². The fourth-order valence-corrected chi connectivity index (χ4v) is 2.44. The van der Waals surface area contributed by atoms with Crippen LogP contribution in [0.4, 0.5) is 17.5 Å². The van der Waals surface area contributed by atoms with E-state index in [1.165, 1.54) is 0 Å². The molecule has 0 radical (unpaired) electrons. The first kappa shape index (κ1) is 16.2. The summed E-state index contributed by atoms with van der Waals surface area (Å²) in [6.07, 6.45) is 0. The summed E-state index contributed by atoms with van der Waals surface area (Å²) < 4.78 is 0. The third kappa shape index (κ3) is 3.46. The van der Waals surface area contributed by atoms with Crippen molar-refractivity contribution in [3.63, 3.8) is 0 Å². The number of hydrogen-bond donors (Lipinski definition) is 4. The van der Waals surface area contributed by atoms with E-state index in [0.29, 0.717) is 36.1 Å². The molecule has 0 aliphatic carbocycles. The van der Waals surface area contributed by atoms with Gasteiger partial charge in [0.25, 0.3) is 5.91 Å². The molecule has 2 aromatic rings. The lowest BCUT2D eigenvalue weighted by Crippen LogP contribution is -2.40. The third-order valence-electron chi connectivity index (χ3n) is 3.73. The smallest absolute Gasteiger partial charge is 0.257 e. The van der Waals surface area contributed by atoms with Gasteiger partial charge in [0.05, 0.1) is 12.2 Å². The largest absolute Gasteiger partial charge is 0.352 e. The van der Waals surface area contributed by atoms with Gasteiger partial charge in [0, 0.05) is 17.8 Å². The van der Waals surface area contributed by atoms with Crippen molar-refractivity contribution in [2.75, 3.05) is 17.2 Å². The zero-order valence-corrected chi connectivity index (χ0v) is 14.1. The highest BCUT2D eigenvalue weighted by Gasteiger charge is 2.27. The molecule has 0 bridgehead atoms. The maximum absolute atomic E-state index is 12.1. The lowest BCUT2D eigenvalue weighted by Gasteiger charge is -2.19. The Bertz CT molecular complexity index is 781. The van der Waals surface area contributed by atoms with Crippen LogP contribution in [0.25, 0.3) is 0 Å². The standard InChI is InChI=1S/C17H22N6O/c1-10-6-4-5-7-11(10)21-14-13-12(8-19-15(13)24)22-16(23-14)20-9-17(2,3)18/h4-7H,8-9,18H2,1-3H3,(H,19,24)(H2,20,21,22,23). The number of carbonyl (C=O) groups is 1. The highest BCUT2D eigenvalue weighted by molar-refractivity contribution is 6.03. The minimum atomic E-state index is -0.389. The molecule has 1 amide bonds. The average Bonchev–Trinajstić information content (AvgIpc) is 2.88. The zero-order chi connectivity index (χ0) is 17.3. The molecule has 7 heteroatoms. The van der Waals surface area contributed by atoms with Crippen LogP contribution in [-0.4, -0.2) is 28.0 Å². The highest BCUT2D eigenvalue weighted by atomic mass is 16.2. The molecule has 3 rings (SSSR count). The van der Waals surface area contributed by atoms with Crippen LogP contribution in [-0.2, 0) is 6.54 Å². The molecule has 0 saturated heterocycles. The molecule has 5 N–H and O–H groups in total. The molecule has 0 fully saturated rings. The fraction of sp³-hybridized carbons (Fsp3) is 0.353. The number of anilines is 3. The number of benzene rings is 1. The van der Waals surface area contributed by atoms with E-state index in [-0.39, 0.29) is 11.4 Å². The van der Waals surface area contributed by atoms with E-state index in [0.717, 1.165) is 11.3 Å². The second-order valence-corrected chi connectivity index (χ2v) is 6.68. The van der Waals surface area contributed by atoms with Crippen LogP contribution >= 0.6 is 0 Å². The molecule has 0 spiro atoms. The van der Waals surface area contributed by atoms with Crippen LogP contribution in [0.5, 0.6) is 0 Å². The van der Waals surface area contributed by atoms with Gasteiger partial charge in [-0.1, -0.05) is 18.2 Å². The number of rotatable bonds is 5. The summed E-state index contributed by atoms with van der Waals surface area (Å²) >= 11 is 0. The first-order valence-corrected chi connectivity index (χ1v) is 7.88. The number of carbonyl (C=O) groups excluding carboxylic acids is 1. The topological polar surface area (TPSA) is 105 Å². The van der Waals surface area contributed by atoms with Crippen molar-refractivity contribution in [3.05, 3.63) is 41.1 Å². The van der Waals surface area contributed by atoms with E-state index in [2.05, 4.69) is 25.9 Å². The summed E-state index contributed by atoms with van der Waals surface area (Å²) in [4.78, 5) is 21.0. The van der Waals surface area contributed by atoms with Gasteiger partial charge in [0.1, 0.15) is 11.4 Å². The molecule has 0 saturated carbocycles. The summed E-state index contributed by atoms with van der Waals surface area (Å²) in [7, 11) is 0. The van der Waals surface area contributed by atoms with Crippen LogP contribution in [0.15, 0.2) is 24.3 Å². The summed E-state index contributed by atoms with van der Waals surface area (Å²) in [6.45, 7) is 6.77. The average molecular weight is 326 g/mol. The molecule has 24 heavy (non-hydrogen) atoms. The number of aryl methyl sites for hydroxylation is 1. The number of nitrogens with zero attached hydrogens (tertiary/aromatic N) is 2. The van der Waals surface area contributed by atoms with Crippen LogP contribution in [0.2, 0.25) is 0 Å². The Morgan fingerprint density at radius 3 is 2.75 bits per heavy atom. The molecule has 1 aromatic heterocycles. The van der Waals surface area contributed by atoms with Crippen molar-refractivity contribution in [2.24, 2.45) is 5.73 Å². The first-order chi connectivity index (χ1) is 11.3. The highest BCUT2D eigenvalue weighted by Crippen LogP contribution is 2.27. The quantitative estimate of drug-likeness (QED) is 0.669. The van der Waals surface area contributed by atoms with Crippen LogP contribution in [0.3, 0.4) is 0 Å². The molecular formula is C17H22N6O. The van der Waals surface area contributed by atoms with E-state index in [4.69, 9.17) is 5.73 Å². The Morgan fingerprint density at radius 2 is 2.04 bits per heavy atom. The van der Waals surface area contributed by atoms with Crippen LogP contribution in [0.1, 0.15) is 35.5 Å². The molecular weight excluding hydrogens is 304 g/mol. The van der Waals surface area contributed by atoms with Crippen molar-refractivity contribution < 1.29 is 4.79 Å². The number of amides is 1. The maximum atomic E-state index is 12.1. The van der Waals surface area contributed by atoms with E-state index in [1.54, 1.807) is 0 Å². The van der Waals surface area contributed by atoms with Crippen molar-refractivity contribution in [2.45, 2.75) is 32.9 Å². The van der Waals surface area contributed by atoms with E-state index in [1.807, 2.05) is 45.0 Å². The Morgan fingerprint density at radius 1 is 1.29 bits per heavy atom. The molecule has 0 unspecified atom stereocenters. The summed E-state index contributed by atoms with van der Waals surface area (Å²) in [5.74, 6) is 0.799. The molecule has 7 nitrogen and oxygen atoms in total. The van der Waals surface area contributed by atoms with Gasteiger partial charge < -0.3 is 21.7 Å². The monoisotopic (exact) mass is 326 g/mol. The van der Waals surface area contributed by atoms with Crippen molar-refractivity contribution in [1.29, 1.82) is 0 Å². The second kappa shape index (κ2) is 6.09. The van der Waals surface area contributed by atoms with E-state index >= 15 is 0 Å². The predicted molar refractivity (Wildman–Crippen MR) is 94.4 cm³/mol. The Hall–Kier alpha value is -2.67. The van der Waals surface area contributed by atoms with Gasteiger partial charge in [0.15, 0.2) is 0 Å². The Labute approximate surface area is 141 Å². The van der Waals surface area contributed by atoms with E-state index in [9.17, 15) is 4.79 Å². The Kier molecular flexibility index (Phi) is 4.11. The summed E-state index contributed by atoms with van der Waals surface area (Å²) in [6, 6.07) is 7.85. The first-order valence-electron chi connectivity index (χ1n) is 7.88. The van der Waals surface area contributed by atoms with Crippen LogP contribution in [0, 0.1) is 6.92 Å². The van der Waals surface area contributed by atoms with E-state index < -0.39 is 0 Å². The lowest BCUT2D eigenvalue weighted by atomic mass is 10.1. The number of hydrogen-bond acceptors (Lipinski definition) is 6. The second-order valence-electron chi connectivity index (χ2n) is 6.68. The predicted octanol–water partition coefficient (Wildman–Crippen LogP) is 1.92. The summed E-state index contributed by atoms with van der Waals surface area (Å²) in [5.41, 5.74) is 8.77. The van der Waals surface area contributed by atoms with Crippen molar-refractivity contribution in [1.82, 2.24) is 15.3 Å². The number of para-hydroxylation sites is 1. The molecule has 1 aromatic carbocycles. The van der Waals surface area contributed by atoms with Gasteiger partial charge in [0.2, 0.25) is 5.95 Å². The Balaban J connectivity index is 1.96. The summed E-state index contributed by atoms with van der Waals surface area (Å²) in [5, 5.41) is 9.19. The molecule has 1 aliphatic rings. The molecule has 1 aliphatic heterocycles. The zero-order valence-electron chi connectivity index (χ0n) is 14.1. The lowest BCUT2D eigenvalue weighted by molar-refractivity contribution is 0.0966. The van der Waals surface area contributed by atoms with Crippen LogP contribution < -0.4 is 21.7 Å². The van der Waals surface area contributed by atoms with Crippen molar-refractivity contribution >= 4 is 23.4 Å². The minimum absolute atomic E-state index is 0.160. The van der Waals surface area contributed by atoms with Gasteiger partial charge >= 0.3 is 0 Å². The minimum Gasteiger partial charge on any atom is -0.352 e. The molecule has 2 heterocycles. The van der Waals surface area contributed by atoms with Gasteiger partial charge in [-0.05, 0) is 32.4 Å². The van der Waals surface area contributed by atoms with Gasteiger partial charge in [-0.2, -0.15) is 4.98 Å². The number of nitrogens with one attached hydrogen (secondary N) is 3.